The maximum absolute atomic E-state index is 11.4. The van der Waals surface area contributed by atoms with Gasteiger partial charge in [-0.1, -0.05) is 6.92 Å². The zero-order valence-electron chi connectivity index (χ0n) is 10.2. The van der Waals surface area contributed by atoms with Gasteiger partial charge in [0.15, 0.2) is 0 Å². The number of nitrogens with one attached hydrogen (secondary N) is 1. The highest BCUT2D eigenvalue weighted by molar-refractivity contribution is 9.10. The second-order valence-electron chi connectivity index (χ2n) is 3.90. The zero-order chi connectivity index (χ0) is 12.7. The summed E-state index contributed by atoms with van der Waals surface area (Å²) < 4.78 is 0.964. The van der Waals surface area contributed by atoms with Crippen molar-refractivity contribution in [1.82, 2.24) is 15.2 Å². The highest BCUT2D eigenvalue weighted by atomic mass is 79.9. The number of nitrogens with zero attached hydrogens (tertiary/aromatic N) is 2. The Bertz CT molecular complexity index is 371. The van der Waals surface area contributed by atoms with E-state index in [2.05, 4.69) is 38.1 Å². The Morgan fingerprint density at radius 3 is 2.88 bits per heavy atom. The second kappa shape index (κ2) is 7.40. The first-order valence-corrected chi connectivity index (χ1v) is 6.47. The van der Waals surface area contributed by atoms with E-state index in [0.717, 1.165) is 29.5 Å². The SMILES string of the molecule is CCCN(CC(=O)NC)Cc1cncc(Br)c1. The summed E-state index contributed by atoms with van der Waals surface area (Å²) in [7, 11) is 1.66. The molecule has 0 radical (unpaired) electrons. The van der Waals surface area contributed by atoms with Gasteiger partial charge in [0.2, 0.25) is 5.91 Å². The molecule has 0 aromatic carbocycles. The number of hydrogen-bond acceptors (Lipinski definition) is 3. The molecule has 0 atom stereocenters. The number of rotatable bonds is 6. The number of aromatic nitrogens is 1. The average Bonchev–Trinajstić information content (AvgIpc) is 2.29. The van der Waals surface area contributed by atoms with E-state index in [4.69, 9.17) is 0 Å². The van der Waals surface area contributed by atoms with Crippen LogP contribution < -0.4 is 5.32 Å². The first kappa shape index (κ1) is 14.1. The van der Waals surface area contributed by atoms with Crippen LogP contribution in [-0.2, 0) is 11.3 Å². The van der Waals surface area contributed by atoms with Crippen molar-refractivity contribution in [3.8, 4) is 0 Å². The van der Waals surface area contributed by atoms with Gasteiger partial charge in [0, 0.05) is 30.5 Å². The molecule has 1 heterocycles. The number of pyridine rings is 1. The third-order valence-electron chi connectivity index (χ3n) is 2.35. The Hall–Kier alpha value is -0.940. The normalized spacial score (nSPS) is 10.6. The smallest absolute Gasteiger partial charge is 0.233 e. The van der Waals surface area contributed by atoms with Crippen LogP contribution in [0.1, 0.15) is 18.9 Å². The summed E-state index contributed by atoms with van der Waals surface area (Å²) in [4.78, 5) is 17.6. The number of carbonyl (C=O) groups excluding carboxylic acids is 1. The highest BCUT2D eigenvalue weighted by Crippen LogP contribution is 2.11. The minimum Gasteiger partial charge on any atom is -0.358 e. The maximum atomic E-state index is 11.4. The molecule has 1 N–H and O–H groups in total. The second-order valence-corrected chi connectivity index (χ2v) is 4.81. The third kappa shape index (κ3) is 5.28. The van der Waals surface area contributed by atoms with Crippen molar-refractivity contribution < 1.29 is 4.79 Å². The fourth-order valence-electron chi connectivity index (χ4n) is 1.61. The largest absolute Gasteiger partial charge is 0.358 e. The summed E-state index contributed by atoms with van der Waals surface area (Å²) in [6, 6.07) is 2.03. The quantitative estimate of drug-likeness (QED) is 0.871. The lowest BCUT2D eigenvalue weighted by molar-refractivity contribution is -0.121. The third-order valence-corrected chi connectivity index (χ3v) is 2.79. The fourth-order valence-corrected chi connectivity index (χ4v) is 2.03. The Morgan fingerprint density at radius 1 is 1.53 bits per heavy atom. The molecule has 1 aromatic rings. The van der Waals surface area contributed by atoms with Crippen LogP contribution in [0.4, 0.5) is 0 Å². The van der Waals surface area contributed by atoms with Gasteiger partial charge in [-0.25, -0.2) is 0 Å². The molecule has 0 saturated heterocycles. The molecule has 1 amide bonds. The first-order chi connectivity index (χ1) is 8.15. The number of hydrogen-bond donors (Lipinski definition) is 1. The van der Waals surface area contributed by atoms with Crippen LogP contribution in [0.15, 0.2) is 22.9 Å². The molecule has 0 spiro atoms. The van der Waals surface area contributed by atoms with Gasteiger partial charge in [-0.2, -0.15) is 0 Å². The van der Waals surface area contributed by atoms with Crippen molar-refractivity contribution in [2.75, 3.05) is 20.1 Å². The standard InChI is InChI=1S/C12H18BrN3O/c1-3-4-16(9-12(17)14-2)8-10-5-11(13)7-15-6-10/h5-7H,3-4,8-9H2,1-2H3,(H,14,17). The minimum atomic E-state index is 0.0430. The number of amides is 1. The molecule has 1 rings (SSSR count). The first-order valence-electron chi connectivity index (χ1n) is 5.68. The Balaban J connectivity index is 2.62. The van der Waals surface area contributed by atoms with Gasteiger partial charge < -0.3 is 5.32 Å². The monoisotopic (exact) mass is 299 g/mol. The zero-order valence-corrected chi connectivity index (χ0v) is 11.8. The molecule has 17 heavy (non-hydrogen) atoms. The molecule has 5 heteroatoms. The summed E-state index contributed by atoms with van der Waals surface area (Å²) in [5.41, 5.74) is 1.11. The van der Waals surface area contributed by atoms with Crippen molar-refractivity contribution in [3.63, 3.8) is 0 Å². The van der Waals surface area contributed by atoms with Crippen molar-refractivity contribution in [3.05, 3.63) is 28.5 Å². The van der Waals surface area contributed by atoms with Crippen molar-refractivity contribution in [1.29, 1.82) is 0 Å². The lowest BCUT2D eigenvalue weighted by Crippen LogP contribution is -2.35. The molecule has 94 valence electrons. The van der Waals surface area contributed by atoms with E-state index in [9.17, 15) is 4.79 Å². The summed E-state index contributed by atoms with van der Waals surface area (Å²) in [6.07, 6.45) is 4.61. The Morgan fingerprint density at radius 2 is 2.29 bits per heavy atom. The van der Waals surface area contributed by atoms with E-state index in [0.29, 0.717) is 6.54 Å². The van der Waals surface area contributed by atoms with Gasteiger partial charge in [0.05, 0.1) is 6.54 Å². The molecule has 0 aliphatic rings. The van der Waals surface area contributed by atoms with Crippen LogP contribution in [0.3, 0.4) is 0 Å². The van der Waals surface area contributed by atoms with Crippen LogP contribution in [-0.4, -0.2) is 35.9 Å². The van der Waals surface area contributed by atoms with Crippen LogP contribution in [0.2, 0.25) is 0 Å². The maximum Gasteiger partial charge on any atom is 0.233 e. The molecule has 0 saturated carbocycles. The molecular weight excluding hydrogens is 282 g/mol. The van der Waals surface area contributed by atoms with Crippen molar-refractivity contribution >= 4 is 21.8 Å². The van der Waals surface area contributed by atoms with Gasteiger partial charge in [-0.05, 0) is 40.5 Å². The topological polar surface area (TPSA) is 45.2 Å². The van der Waals surface area contributed by atoms with Gasteiger partial charge in [0.1, 0.15) is 0 Å². The fraction of sp³-hybridized carbons (Fsp3) is 0.500. The van der Waals surface area contributed by atoms with Crippen molar-refractivity contribution in [2.24, 2.45) is 0 Å². The number of carbonyl (C=O) groups is 1. The van der Waals surface area contributed by atoms with Crippen LogP contribution in [0.5, 0.6) is 0 Å². The van der Waals surface area contributed by atoms with E-state index >= 15 is 0 Å². The van der Waals surface area contributed by atoms with E-state index in [1.807, 2.05) is 12.3 Å². The van der Waals surface area contributed by atoms with Crippen LogP contribution in [0, 0.1) is 0 Å². The minimum absolute atomic E-state index is 0.0430. The molecule has 0 fully saturated rings. The van der Waals surface area contributed by atoms with Gasteiger partial charge >= 0.3 is 0 Å². The van der Waals surface area contributed by atoms with Gasteiger partial charge in [0.25, 0.3) is 0 Å². The summed E-state index contributed by atoms with van der Waals surface area (Å²) >= 11 is 3.40. The highest BCUT2D eigenvalue weighted by Gasteiger charge is 2.09. The summed E-state index contributed by atoms with van der Waals surface area (Å²) in [5.74, 6) is 0.0430. The predicted molar refractivity (Wildman–Crippen MR) is 71.6 cm³/mol. The molecule has 0 unspecified atom stereocenters. The number of likely N-dealkylation sites (N-methyl/N-ethyl adjacent to an activating group) is 1. The summed E-state index contributed by atoms with van der Waals surface area (Å²) in [5, 5.41) is 2.65. The lowest BCUT2D eigenvalue weighted by Gasteiger charge is -2.20. The lowest BCUT2D eigenvalue weighted by atomic mass is 10.2. The Kier molecular flexibility index (Phi) is 6.15. The molecule has 0 bridgehead atoms. The molecular formula is C12H18BrN3O. The van der Waals surface area contributed by atoms with Gasteiger partial charge in [-0.15, -0.1) is 0 Å². The van der Waals surface area contributed by atoms with Crippen molar-refractivity contribution in [2.45, 2.75) is 19.9 Å². The van der Waals surface area contributed by atoms with Crippen LogP contribution in [0.25, 0.3) is 0 Å². The molecule has 0 aliphatic carbocycles. The Labute approximate surface area is 111 Å². The molecule has 1 aromatic heterocycles. The van der Waals surface area contributed by atoms with E-state index < -0.39 is 0 Å². The van der Waals surface area contributed by atoms with Crippen LogP contribution >= 0.6 is 15.9 Å². The summed E-state index contributed by atoms with van der Waals surface area (Å²) in [6.45, 7) is 4.18. The molecule has 4 nitrogen and oxygen atoms in total. The molecule has 0 aliphatic heterocycles. The predicted octanol–water partition coefficient (Wildman–Crippen LogP) is 1.80. The number of halogens is 1. The van der Waals surface area contributed by atoms with E-state index in [1.54, 1.807) is 13.2 Å². The van der Waals surface area contributed by atoms with Gasteiger partial charge in [-0.3, -0.25) is 14.7 Å². The van der Waals surface area contributed by atoms with E-state index in [-0.39, 0.29) is 5.91 Å². The average molecular weight is 300 g/mol. The van der Waals surface area contributed by atoms with E-state index in [1.165, 1.54) is 0 Å².